The van der Waals surface area contributed by atoms with Crippen molar-refractivity contribution < 1.29 is 9.15 Å². The van der Waals surface area contributed by atoms with Crippen molar-refractivity contribution in [3.05, 3.63) is 32.9 Å². The van der Waals surface area contributed by atoms with Gasteiger partial charge < -0.3 is 9.15 Å². The lowest BCUT2D eigenvalue weighted by molar-refractivity contribution is 0.412. The number of rotatable bonds is 1. The van der Waals surface area contributed by atoms with E-state index in [1.54, 1.807) is 19.1 Å². The number of ether oxygens (including phenoxy) is 1. The fourth-order valence-corrected chi connectivity index (χ4v) is 2.03. The molecule has 0 aliphatic heterocycles. The molecule has 0 aliphatic rings. The SMILES string of the molecule is COc1ccc2nc(C)oc(=O)c2c1Br. The van der Waals surface area contributed by atoms with Crippen LogP contribution in [0.1, 0.15) is 5.89 Å². The van der Waals surface area contributed by atoms with Crippen molar-refractivity contribution in [2.24, 2.45) is 0 Å². The minimum atomic E-state index is -0.414. The number of hydrogen-bond donors (Lipinski definition) is 0. The molecular formula is C10H8BrNO3. The second kappa shape index (κ2) is 3.66. The van der Waals surface area contributed by atoms with Gasteiger partial charge in [-0.25, -0.2) is 9.78 Å². The lowest BCUT2D eigenvalue weighted by Gasteiger charge is -2.04. The molecule has 0 spiro atoms. The topological polar surface area (TPSA) is 52.3 Å². The molecule has 15 heavy (non-hydrogen) atoms. The van der Waals surface area contributed by atoms with Gasteiger partial charge in [0.05, 0.1) is 17.1 Å². The summed E-state index contributed by atoms with van der Waals surface area (Å²) in [6.45, 7) is 1.64. The Labute approximate surface area is 94.0 Å². The highest BCUT2D eigenvalue weighted by molar-refractivity contribution is 9.10. The summed E-state index contributed by atoms with van der Waals surface area (Å²) in [4.78, 5) is 15.7. The van der Waals surface area contributed by atoms with Crippen LogP contribution >= 0.6 is 15.9 Å². The van der Waals surface area contributed by atoms with Crippen molar-refractivity contribution in [1.29, 1.82) is 0 Å². The number of fused-ring (bicyclic) bond motifs is 1. The molecule has 0 saturated heterocycles. The number of aromatic nitrogens is 1. The third-order valence-electron chi connectivity index (χ3n) is 2.03. The summed E-state index contributed by atoms with van der Waals surface area (Å²) in [7, 11) is 1.54. The van der Waals surface area contributed by atoms with Gasteiger partial charge in [-0.05, 0) is 28.1 Å². The van der Waals surface area contributed by atoms with Gasteiger partial charge in [0.1, 0.15) is 11.1 Å². The second-order valence-electron chi connectivity index (χ2n) is 3.00. The van der Waals surface area contributed by atoms with E-state index in [4.69, 9.17) is 9.15 Å². The number of halogens is 1. The molecule has 0 aliphatic carbocycles. The van der Waals surface area contributed by atoms with Crippen molar-refractivity contribution in [2.45, 2.75) is 6.92 Å². The monoisotopic (exact) mass is 269 g/mol. The van der Waals surface area contributed by atoms with Crippen LogP contribution in [0.25, 0.3) is 10.9 Å². The van der Waals surface area contributed by atoms with Crippen molar-refractivity contribution in [1.82, 2.24) is 4.98 Å². The molecule has 1 aromatic heterocycles. The Balaban J connectivity index is 2.93. The summed E-state index contributed by atoms with van der Waals surface area (Å²) in [5.41, 5.74) is 0.180. The molecule has 0 N–H and O–H groups in total. The predicted octanol–water partition coefficient (Wildman–Crippen LogP) is 2.27. The molecule has 0 radical (unpaired) electrons. The van der Waals surface area contributed by atoms with Crippen LogP contribution in [0.2, 0.25) is 0 Å². The summed E-state index contributed by atoms with van der Waals surface area (Å²) in [6, 6.07) is 3.47. The first-order chi connectivity index (χ1) is 7.13. The quantitative estimate of drug-likeness (QED) is 0.797. The summed E-state index contributed by atoms with van der Waals surface area (Å²) in [5, 5.41) is 0.403. The van der Waals surface area contributed by atoms with Gasteiger partial charge >= 0.3 is 5.63 Å². The van der Waals surface area contributed by atoms with Gasteiger partial charge in [-0.2, -0.15) is 0 Å². The van der Waals surface area contributed by atoms with Gasteiger partial charge in [0.15, 0.2) is 5.89 Å². The van der Waals surface area contributed by atoms with Gasteiger partial charge in [-0.3, -0.25) is 0 Å². The van der Waals surface area contributed by atoms with Crippen molar-refractivity contribution in [3.8, 4) is 5.75 Å². The van der Waals surface area contributed by atoms with Gasteiger partial charge in [0.25, 0.3) is 0 Å². The highest BCUT2D eigenvalue weighted by Crippen LogP contribution is 2.30. The first-order valence-electron chi connectivity index (χ1n) is 4.27. The molecular weight excluding hydrogens is 262 g/mol. The molecule has 1 aromatic carbocycles. The van der Waals surface area contributed by atoms with Crippen LogP contribution in [0.4, 0.5) is 0 Å². The third kappa shape index (κ3) is 1.63. The molecule has 0 unspecified atom stereocenters. The van der Waals surface area contributed by atoms with E-state index in [0.717, 1.165) is 0 Å². The standard InChI is InChI=1S/C10H8BrNO3/c1-5-12-6-3-4-7(14-2)9(11)8(6)10(13)15-5/h3-4H,1-2H3. The van der Waals surface area contributed by atoms with Crippen molar-refractivity contribution in [2.75, 3.05) is 7.11 Å². The summed E-state index contributed by atoms with van der Waals surface area (Å²) in [6.07, 6.45) is 0. The summed E-state index contributed by atoms with van der Waals surface area (Å²) >= 11 is 3.29. The van der Waals surface area contributed by atoms with E-state index < -0.39 is 5.63 Å². The van der Waals surface area contributed by atoms with Gasteiger partial charge in [0.2, 0.25) is 0 Å². The maximum absolute atomic E-state index is 11.6. The molecule has 4 nitrogen and oxygen atoms in total. The van der Waals surface area contributed by atoms with Gasteiger partial charge in [0, 0.05) is 6.92 Å². The Bertz CT molecular complexity index is 577. The Kier molecular flexibility index (Phi) is 2.48. The number of aryl methyl sites for hydroxylation is 1. The summed E-state index contributed by atoms with van der Waals surface area (Å²) < 4.78 is 10.6. The molecule has 1 heterocycles. The van der Waals surface area contributed by atoms with E-state index >= 15 is 0 Å². The van der Waals surface area contributed by atoms with Gasteiger partial charge in [-0.1, -0.05) is 0 Å². The van der Waals surface area contributed by atoms with Crippen LogP contribution in [0, 0.1) is 6.92 Å². The molecule has 0 fully saturated rings. The fraction of sp³-hybridized carbons (Fsp3) is 0.200. The minimum Gasteiger partial charge on any atom is -0.496 e. The Morgan fingerprint density at radius 3 is 2.87 bits per heavy atom. The lowest BCUT2D eigenvalue weighted by atomic mass is 10.2. The number of nitrogens with zero attached hydrogens (tertiary/aromatic N) is 1. The number of benzene rings is 1. The average Bonchev–Trinajstić information content (AvgIpc) is 2.17. The highest BCUT2D eigenvalue weighted by atomic mass is 79.9. The first kappa shape index (κ1) is 10.2. The second-order valence-corrected chi connectivity index (χ2v) is 3.79. The van der Waals surface area contributed by atoms with Crippen LogP contribution in [-0.4, -0.2) is 12.1 Å². The third-order valence-corrected chi connectivity index (χ3v) is 2.81. The molecule has 0 bridgehead atoms. The normalized spacial score (nSPS) is 10.6. The Hall–Kier alpha value is -1.36. The van der Waals surface area contributed by atoms with Crippen LogP contribution in [0.5, 0.6) is 5.75 Å². The summed E-state index contributed by atoms with van der Waals surface area (Å²) in [5.74, 6) is 0.935. The Morgan fingerprint density at radius 2 is 2.20 bits per heavy atom. The zero-order valence-electron chi connectivity index (χ0n) is 8.20. The van der Waals surface area contributed by atoms with Crippen LogP contribution < -0.4 is 10.4 Å². The molecule has 5 heteroatoms. The van der Waals surface area contributed by atoms with E-state index in [1.165, 1.54) is 7.11 Å². The molecule has 0 atom stereocenters. The largest absolute Gasteiger partial charge is 0.496 e. The van der Waals surface area contributed by atoms with E-state index in [-0.39, 0.29) is 0 Å². The van der Waals surface area contributed by atoms with Crippen LogP contribution in [0.3, 0.4) is 0 Å². The maximum atomic E-state index is 11.6. The van der Waals surface area contributed by atoms with Crippen molar-refractivity contribution in [3.63, 3.8) is 0 Å². The van der Waals surface area contributed by atoms with E-state index in [0.29, 0.717) is 27.0 Å². The predicted molar refractivity (Wildman–Crippen MR) is 59.3 cm³/mol. The molecule has 2 rings (SSSR count). The average molecular weight is 270 g/mol. The fourth-order valence-electron chi connectivity index (χ4n) is 1.37. The lowest BCUT2D eigenvalue weighted by Crippen LogP contribution is -2.04. The van der Waals surface area contributed by atoms with E-state index in [9.17, 15) is 4.79 Å². The molecule has 2 aromatic rings. The highest BCUT2D eigenvalue weighted by Gasteiger charge is 2.11. The molecule has 78 valence electrons. The van der Waals surface area contributed by atoms with Gasteiger partial charge in [-0.15, -0.1) is 0 Å². The smallest absolute Gasteiger partial charge is 0.348 e. The Morgan fingerprint density at radius 1 is 1.47 bits per heavy atom. The van der Waals surface area contributed by atoms with Crippen LogP contribution in [0.15, 0.2) is 25.8 Å². The minimum absolute atomic E-state index is 0.351. The molecule has 0 saturated carbocycles. The first-order valence-corrected chi connectivity index (χ1v) is 5.06. The zero-order valence-corrected chi connectivity index (χ0v) is 9.79. The van der Waals surface area contributed by atoms with Crippen LogP contribution in [-0.2, 0) is 0 Å². The van der Waals surface area contributed by atoms with E-state index in [2.05, 4.69) is 20.9 Å². The number of methoxy groups -OCH3 is 1. The zero-order chi connectivity index (χ0) is 11.0. The molecule has 0 amide bonds. The van der Waals surface area contributed by atoms with Crippen molar-refractivity contribution >= 4 is 26.8 Å². The van der Waals surface area contributed by atoms with E-state index in [1.807, 2.05) is 0 Å². The number of hydrogen-bond acceptors (Lipinski definition) is 4. The maximum Gasteiger partial charge on any atom is 0.348 e.